The molecular weight excluding hydrogens is 164 g/mol. The number of hydrogen-bond acceptors (Lipinski definition) is 4. The second-order valence-corrected chi connectivity index (χ2v) is 3.07. The molecule has 1 rings (SSSR count). The van der Waals surface area contributed by atoms with Crippen molar-refractivity contribution in [2.75, 3.05) is 11.9 Å². The van der Waals surface area contributed by atoms with Crippen LogP contribution in [-0.4, -0.2) is 22.6 Å². The molecule has 1 aromatic heterocycles. The third-order valence-electron chi connectivity index (χ3n) is 1.80. The van der Waals surface area contributed by atoms with Crippen LogP contribution in [-0.2, 0) is 0 Å². The molecule has 72 valence electrons. The Hall–Kier alpha value is -1.16. The van der Waals surface area contributed by atoms with Gasteiger partial charge in [-0.15, -0.1) is 0 Å². The summed E-state index contributed by atoms with van der Waals surface area (Å²) in [5.41, 5.74) is 5.41. The topological polar surface area (TPSA) is 63.8 Å². The highest BCUT2D eigenvalue weighted by molar-refractivity contribution is 5.30. The van der Waals surface area contributed by atoms with E-state index >= 15 is 0 Å². The number of nitrogens with zero attached hydrogens (tertiary/aromatic N) is 2. The van der Waals surface area contributed by atoms with Gasteiger partial charge in [0, 0.05) is 18.4 Å². The zero-order valence-electron chi connectivity index (χ0n) is 7.90. The number of rotatable bonds is 5. The van der Waals surface area contributed by atoms with Crippen LogP contribution in [0.1, 0.15) is 19.8 Å². The lowest BCUT2D eigenvalue weighted by molar-refractivity contribution is 0.660. The standard InChI is InChI=1S/C9H16N4/c1-8(3-2-4-10)13-9-7-11-5-6-12-9/h5-8H,2-4,10H2,1H3,(H,12,13). The third kappa shape index (κ3) is 3.85. The van der Waals surface area contributed by atoms with Gasteiger partial charge >= 0.3 is 0 Å². The molecule has 0 radical (unpaired) electrons. The third-order valence-corrected chi connectivity index (χ3v) is 1.80. The fourth-order valence-corrected chi connectivity index (χ4v) is 1.12. The second kappa shape index (κ2) is 5.48. The first kappa shape index (κ1) is 9.92. The Morgan fingerprint density at radius 1 is 1.54 bits per heavy atom. The molecule has 0 amide bonds. The van der Waals surface area contributed by atoms with Crippen LogP contribution in [0.2, 0.25) is 0 Å². The molecule has 0 spiro atoms. The fraction of sp³-hybridized carbons (Fsp3) is 0.556. The van der Waals surface area contributed by atoms with Crippen molar-refractivity contribution in [3.05, 3.63) is 18.6 Å². The molecule has 0 aliphatic rings. The number of anilines is 1. The molecule has 0 bridgehead atoms. The number of nitrogens with one attached hydrogen (secondary N) is 1. The number of hydrogen-bond donors (Lipinski definition) is 2. The Bertz CT molecular complexity index is 224. The maximum absolute atomic E-state index is 5.41. The van der Waals surface area contributed by atoms with Crippen LogP contribution in [0.4, 0.5) is 5.82 Å². The van der Waals surface area contributed by atoms with Crippen LogP contribution in [0.15, 0.2) is 18.6 Å². The van der Waals surface area contributed by atoms with E-state index < -0.39 is 0 Å². The summed E-state index contributed by atoms with van der Waals surface area (Å²) in [4.78, 5) is 8.09. The summed E-state index contributed by atoms with van der Waals surface area (Å²) < 4.78 is 0. The lowest BCUT2D eigenvalue weighted by Gasteiger charge is -2.12. The zero-order chi connectivity index (χ0) is 9.52. The van der Waals surface area contributed by atoms with Gasteiger partial charge in [-0.05, 0) is 26.3 Å². The van der Waals surface area contributed by atoms with Crippen molar-refractivity contribution in [3.8, 4) is 0 Å². The van der Waals surface area contributed by atoms with Gasteiger partial charge in [0.1, 0.15) is 5.82 Å². The highest BCUT2D eigenvalue weighted by Crippen LogP contribution is 2.04. The molecule has 0 aliphatic carbocycles. The summed E-state index contributed by atoms with van der Waals surface area (Å²) in [6.45, 7) is 2.86. The van der Waals surface area contributed by atoms with E-state index in [0.29, 0.717) is 6.04 Å². The molecule has 0 saturated heterocycles. The van der Waals surface area contributed by atoms with E-state index in [4.69, 9.17) is 5.73 Å². The quantitative estimate of drug-likeness (QED) is 0.710. The molecule has 4 nitrogen and oxygen atoms in total. The fourth-order valence-electron chi connectivity index (χ4n) is 1.12. The van der Waals surface area contributed by atoms with E-state index in [-0.39, 0.29) is 0 Å². The Kier molecular flexibility index (Phi) is 4.18. The first-order valence-electron chi connectivity index (χ1n) is 4.55. The molecule has 3 N–H and O–H groups in total. The Morgan fingerprint density at radius 2 is 2.38 bits per heavy atom. The zero-order valence-corrected chi connectivity index (χ0v) is 7.90. The van der Waals surface area contributed by atoms with Crippen molar-refractivity contribution in [2.24, 2.45) is 5.73 Å². The largest absolute Gasteiger partial charge is 0.366 e. The molecule has 0 saturated carbocycles. The minimum absolute atomic E-state index is 0.403. The maximum Gasteiger partial charge on any atom is 0.144 e. The van der Waals surface area contributed by atoms with Crippen molar-refractivity contribution in [3.63, 3.8) is 0 Å². The maximum atomic E-state index is 5.41. The molecule has 4 heteroatoms. The minimum atomic E-state index is 0.403. The molecule has 1 heterocycles. The van der Waals surface area contributed by atoms with Gasteiger partial charge < -0.3 is 11.1 Å². The molecule has 0 aliphatic heterocycles. The van der Waals surface area contributed by atoms with E-state index in [1.54, 1.807) is 18.6 Å². The first-order valence-corrected chi connectivity index (χ1v) is 4.55. The van der Waals surface area contributed by atoms with Crippen molar-refractivity contribution in [1.29, 1.82) is 0 Å². The van der Waals surface area contributed by atoms with Crippen molar-refractivity contribution in [1.82, 2.24) is 9.97 Å². The van der Waals surface area contributed by atoms with Gasteiger partial charge in [0.05, 0.1) is 6.20 Å². The van der Waals surface area contributed by atoms with Gasteiger partial charge in [-0.2, -0.15) is 0 Å². The van der Waals surface area contributed by atoms with Gasteiger partial charge in [0.2, 0.25) is 0 Å². The molecule has 1 unspecified atom stereocenters. The van der Waals surface area contributed by atoms with Gasteiger partial charge in [-0.3, -0.25) is 4.98 Å². The summed E-state index contributed by atoms with van der Waals surface area (Å²) in [5, 5.41) is 3.25. The minimum Gasteiger partial charge on any atom is -0.366 e. The smallest absolute Gasteiger partial charge is 0.144 e. The lowest BCUT2D eigenvalue weighted by atomic mass is 10.2. The van der Waals surface area contributed by atoms with Gasteiger partial charge in [-0.25, -0.2) is 4.98 Å². The molecule has 1 atom stereocenters. The Morgan fingerprint density at radius 3 is 3.00 bits per heavy atom. The predicted molar refractivity (Wildman–Crippen MR) is 53.4 cm³/mol. The van der Waals surface area contributed by atoms with Crippen LogP contribution in [0.5, 0.6) is 0 Å². The summed E-state index contributed by atoms with van der Waals surface area (Å²) in [5.74, 6) is 0.826. The van der Waals surface area contributed by atoms with Crippen molar-refractivity contribution in [2.45, 2.75) is 25.8 Å². The second-order valence-electron chi connectivity index (χ2n) is 3.07. The van der Waals surface area contributed by atoms with Crippen LogP contribution in [0, 0.1) is 0 Å². The molecule has 1 aromatic rings. The highest BCUT2D eigenvalue weighted by atomic mass is 15.0. The Balaban J connectivity index is 2.32. The van der Waals surface area contributed by atoms with Crippen LogP contribution in [0.3, 0.4) is 0 Å². The first-order chi connectivity index (χ1) is 6.33. The highest BCUT2D eigenvalue weighted by Gasteiger charge is 2.00. The SMILES string of the molecule is CC(CCCN)Nc1cnccn1. The average molecular weight is 180 g/mol. The van der Waals surface area contributed by atoms with E-state index in [0.717, 1.165) is 25.2 Å². The van der Waals surface area contributed by atoms with Crippen molar-refractivity contribution >= 4 is 5.82 Å². The van der Waals surface area contributed by atoms with Gasteiger partial charge in [0.15, 0.2) is 0 Å². The Labute approximate surface area is 78.6 Å². The average Bonchev–Trinajstić information content (AvgIpc) is 2.16. The summed E-state index contributed by atoms with van der Waals surface area (Å²) in [6.07, 6.45) is 7.16. The van der Waals surface area contributed by atoms with E-state index in [1.165, 1.54) is 0 Å². The van der Waals surface area contributed by atoms with Crippen molar-refractivity contribution < 1.29 is 0 Å². The molecule has 0 fully saturated rings. The molecular formula is C9H16N4. The van der Waals surface area contributed by atoms with E-state index in [9.17, 15) is 0 Å². The van der Waals surface area contributed by atoms with Crippen LogP contribution < -0.4 is 11.1 Å². The van der Waals surface area contributed by atoms with E-state index in [2.05, 4.69) is 22.2 Å². The van der Waals surface area contributed by atoms with Crippen LogP contribution >= 0.6 is 0 Å². The summed E-state index contributed by atoms with van der Waals surface area (Å²) in [6, 6.07) is 0.403. The lowest BCUT2D eigenvalue weighted by Crippen LogP contribution is -2.17. The number of nitrogens with two attached hydrogens (primary N) is 1. The summed E-state index contributed by atoms with van der Waals surface area (Å²) >= 11 is 0. The van der Waals surface area contributed by atoms with Crippen LogP contribution in [0.25, 0.3) is 0 Å². The predicted octanol–water partition coefficient (Wildman–Crippen LogP) is 1.02. The van der Waals surface area contributed by atoms with Gasteiger partial charge in [0.25, 0.3) is 0 Å². The molecule has 13 heavy (non-hydrogen) atoms. The summed E-state index contributed by atoms with van der Waals surface area (Å²) in [7, 11) is 0. The normalized spacial score (nSPS) is 12.5. The van der Waals surface area contributed by atoms with Gasteiger partial charge in [-0.1, -0.05) is 0 Å². The molecule has 0 aromatic carbocycles. The van der Waals surface area contributed by atoms with E-state index in [1.807, 2.05) is 0 Å². The monoisotopic (exact) mass is 180 g/mol. The number of aromatic nitrogens is 2.